The second kappa shape index (κ2) is 5.65. The summed E-state index contributed by atoms with van der Waals surface area (Å²) in [5.74, 6) is -0.137. The maximum atomic E-state index is 11.2. The molecule has 0 saturated carbocycles. The van der Waals surface area contributed by atoms with Crippen LogP contribution in [0.25, 0.3) is 0 Å². The van der Waals surface area contributed by atoms with E-state index in [0.29, 0.717) is 13.2 Å². The highest BCUT2D eigenvalue weighted by Gasteiger charge is 2.30. The summed E-state index contributed by atoms with van der Waals surface area (Å²) in [5.41, 5.74) is -0.147. The van der Waals surface area contributed by atoms with Gasteiger partial charge in [-0.3, -0.25) is 0 Å². The van der Waals surface area contributed by atoms with Gasteiger partial charge < -0.3 is 9.47 Å². The zero-order chi connectivity index (χ0) is 13.1. The Hall–Kier alpha value is -0.170. The predicted molar refractivity (Wildman–Crippen MR) is 66.1 cm³/mol. The second-order valence-electron chi connectivity index (χ2n) is 5.71. The van der Waals surface area contributed by atoms with E-state index < -0.39 is 10.0 Å². The highest BCUT2D eigenvalue weighted by molar-refractivity contribution is 7.89. The van der Waals surface area contributed by atoms with Gasteiger partial charge in [0.1, 0.15) is 0 Å². The molecule has 1 fully saturated rings. The van der Waals surface area contributed by atoms with E-state index in [1.807, 2.05) is 20.8 Å². The lowest BCUT2D eigenvalue weighted by Gasteiger charge is -2.30. The summed E-state index contributed by atoms with van der Waals surface area (Å²) in [6.45, 7) is 7.73. The lowest BCUT2D eigenvalue weighted by Crippen LogP contribution is -2.35. The fourth-order valence-electron chi connectivity index (χ4n) is 1.73. The van der Waals surface area contributed by atoms with Crippen LogP contribution in [-0.4, -0.2) is 40.1 Å². The van der Waals surface area contributed by atoms with Crippen LogP contribution in [0.5, 0.6) is 0 Å². The summed E-state index contributed by atoms with van der Waals surface area (Å²) in [4.78, 5) is 0. The number of hydrogen-bond acceptors (Lipinski definition) is 4. The van der Waals surface area contributed by atoms with Crippen molar-refractivity contribution in [2.24, 2.45) is 16.5 Å². The lowest BCUT2D eigenvalue weighted by molar-refractivity contribution is 0.00393. The van der Waals surface area contributed by atoms with Crippen molar-refractivity contribution in [2.45, 2.75) is 33.3 Å². The Morgan fingerprint density at radius 1 is 1.47 bits per heavy atom. The van der Waals surface area contributed by atoms with Crippen molar-refractivity contribution < 1.29 is 17.9 Å². The van der Waals surface area contributed by atoms with E-state index in [-0.39, 0.29) is 23.2 Å². The highest BCUT2D eigenvalue weighted by Crippen LogP contribution is 2.28. The van der Waals surface area contributed by atoms with Gasteiger partial charge in [-0.25, -0.2) is 13.6 Å². The van der Waals surface area contributed by atoms with Gasteiger partial charge >= 0.3 is 0 Å². The minimum atomic E-state index is -3.46. The first-order valence-electron chi connectivity index (χ1n) is 5.88. The van der Waals surface area contributed by atoms with Crippen LogP contribution in [0, 0.1) is 11.3 Å². The molecule has 0 bridgehead atoms. The van der Waals surface area contributed by atoms with Crippen LogP contribution < -0.4 is 5.14 Å². The van der Waals surface area contributed by atoms with Crippen LogP contribution in [0.1, 0.15) is 27.2 Å². The lowest BCUT2D eigenvalue weighted by atomic mass is 9.82. The number of primary sulfonamides is 1. The molecule has 0 spiro atoms. The molecule has 5 nitrogen and oxygen atoms in total. The summed E-state index contributed by atoms with van der Waals surface area (Å²) in [6, 6.07) is 0. The van der Waals surface area contributed by atoms with E-state index in [1.165, 1.54) is 0 Å². The summed E-state index contributed by atoms with van der Waals surface area (Å²) >= 11 is 0. The van der Waals surface area contributed by atoms with Crippen molar-refractivity contribution in [1.29, 1.82) is 0 Å². The minimum absolute atomic E-state index is 0.0376. The molecule has 0 radical (unpaired) electrons. The van der Waals surface area contributed by atoms with Gasteiger partial charge in [0.15, 0.2) is 0 Å². The molecule has 17 heavy (non-hydrogen) atoms. The number of nitrogens with two attached hydrogens (primary N) is 1. The van der Waals surface area contributed by atoms with Crippen molar-refractivity contribution in [3.05, 3.63) is 0 Å². The van der Waals surface area contributed by atoms with Crippen molar-refractivity contribution in [1.82, 2.24) is 0 Å². The zero-order valence-corrected chi connectivity index (χ0v) is 11.6. The Morgan fingerprint density at radius 2 is 2.12 bits per heavy atom. The third-order valence-electron chi connectivity index (χ3n) is 3.08. The molecule has 2 atom stereocenters. The first-order chi connectivity index (χ1) is 7.68. The standard InChI is InChI=1S/C11H23NO4S/c1-11(2,3)9(8-17(12,13)14)6-16-10-4-5-15-7-10/h9-10H,4-8H2,1-3H3,(H2,12,13,14). The van der Waals surface area contributed by atoms with E-state index in [9.17, 15) is 8.42 Å². The molecule has 0 aliphatic carbocycles. The van der Waals surface area contributed by atoms with Crippen LogP contribution >= 0.6 is 0 Å². The van der Waals surface area contributed by atoms with Gasteiger partial charge in [0.25, 0.3) is 0 Å². The third kappa shape index (κ3) is 5.81. The van der Waals surface area contributed by atoms with Gasteiger partial charge in [-0.05, 0) is 11.8 Å². The number of hydrogen-bond donors (Lipinski definition) is 1. The molecule has 1 aliphatic heterocycles. The van der Waals surface area contributed by atoms with Crippen molar-refractivity contribution in [3.8, 4) is 0 Å². The number of sulfonamides is 1. The topological polar surface area (TPSA) is 78.6 Å². The third-order valence-corrected chi connectivity index (χ3v) is 3.95. The van der Waals surface area contributed by atoms with Crippen LogP contribution in [0.2, 0.25) is 0 Å². The van der Waals surface area contributed by atoms with E-state index in [1.54, 1.807) is 0 Å². The Bertz CT molecular complexity index is 328. The van der Waals surface area contributed by atoms with Crippen LogP contribution in [0.4, 0.5) is 0 Å². The summed E-state index contributed by atoms with van der Waals surface area (Å²) in [5, 5.41) is 5.11. The van der Waals surface area contributed by atoms with Crippen molar-refractivity contribution in [2.75, 3.05) is 25.6 Å². The first kappa shape index (κ1) is 14.9. The molecule has 2 unspecified atom stereocenters. The maximum absolute atomic E-state index is 11.2. The summed E-state index contributed by atoms with van der Waals surface area (Å²) in [6.07, 6.45) is 0.979. The van der Waals surface area contributed by atoms with Gasteiger partial charge in [0.05, 0.1) is 25.1 Å². The molecular formula is C11H23NO4S. The zero-order valence-electron chi connectivity index (χ0n) is 10.8. The molecule has 1 aliphatic rings. The molecule has 1 heterocycles. The van der Waals surface area contributed by atoms with Crippen LogP contribution in [0.3, 0.4) is 0 Å². The van der Waals surface area contributed by atoms with Crippen molar-refractivity contribution >= 4 is 10.0 Å². The SMILES string of the molecule is CC(C)(C)C(COC1CCOC1)CS(N)(=O)=O. The molecule has 6 heteroatoms. The highest BCUT2D eigenvalue weighted by atomic mass is 32.2. The molecule has 0 aromatic rings. The largest absolute Gasteiger partial charge is 0.379 e. The number of ether oxygens (including phenoxy) is 2. The summed E-state index contributed by atoms with van der Waals surface area (Å²) in [7, 11) is -3.46. The van der Waals surface area contributed by atoms with E-state index in [0.717, 1.165) is 13.0 Å². The Kier molecular flexibility index (Phi) is 4.95. The quantitative estimate of drug-likeness (QED) is 0.795. The molecule has 1 rings (SSSR count). The molecule has 0 aromatic carbocycles. The van der Waals surface area contributed by atoms with E-state index in [4.69, 9.17) is 14.6 Å². The second-order valence-corrected chi connectivity index (χ2v) is 7.37. The average molecular weight is 265 g/mol. The Balaban J connectivity index is 2.51. The predicted octanol–water partition coefficient (Wildman–Crippen LogP) is 0.743. The minimum Gasteiger partial charge on any atom is -0.379 e. The maximum Gasteiger partial charge on any atom is 0.209 e. The fourth-order valence-corrected chi connectivity index (χ4v) is 2.88. The van der Waals surface area contributed by atoms with E-state index in [2.05, 4.69) is 0 Å². The molecule has 0 amide bonds. The van der Waals surface area contributed by atoms with Crippen LogP contribution in [-0.2, 0) is 19.5 Å². The van der Waals surface area contributed by atoms with Crippen molar-refractivity contribution in [3.63, 3.8) is 0 Å². The molecule has 0 aromatic heterocycles. The molecular weight excluding hydrogens is 242 g/mol. The fraction of sp³-hybridized carbons (Fsp3) is 1.00. The van der Waals surface area contributed by atoms with Gasteiger partial charge in [0.2, 0.25) is 10.0 Å². The van der Waals surface area contributed by atoms with Gasteiger partial charge in [-0.1, -0.05) is 20.8 Å². The molecule has 1 saturated heterocycles. The van der Waals surface area contributed by atoms with Gasteiger partial charge in [0, 0.05) is 12.5 Å². The average Bonchev–Trinajstić information content (AvgIpc) is 2.60. The smallest absolute Gasteiger partial charge is 0.209 e. The Labute approximate surface area is 104 Å². The van der Waals surface area contributed by atoms with E-state index >= 15 is 0 Å². The van der Waals surface area contributed by atoms with Gasteiger partial charge in [-0.15, -0.1) is 0 Å². The monoisotopic (exact) mass is 265 g/mol. The van der Waals surface area contributed by atoms with Gasteiger partial charge in [-0.2, -0.15) is 0 Å². The van der Waals surface area contributed by atoms with Crippen LogP contribution in [0.15, 0.2) is 0 Å². The molecule has 2 N–H and O–H groups in total. The Morgan fingerprint density at radius 3 is 2.53 bits per heavy atom. The summed E-state index contributed by atoms with van der Waals surface area (Å²) < 4.78 is 33.3. The molecule has 102 valence electrons. The normalized spacial score (nSPS) is 23.9. The first-order valence-corrected chi connectivity index (χ1v) is 7.60. The number of rotatable bonds is 5.